The molecule has 9 rings (SSSR count). The minimum Gasteiger partial charge on any atom is -0.459 e. The molecule has 80 heavy (non-hydrogen) atoms. The molecule has 5 saturated heterocycles. The van der Waals surface area contributed by atoms with Crippen molar-refractivity contribution < 1.29 is 120 Å². The summed E-state index contributed by atoms with van der Waals surface area (Å²) in [7, 11) is -3.98. The molecule has 0 aromatic rings. The van der Waals surface area contributed by atoms with Crippen molar-refractivity contribution >= 4 is 16.4 Å². The Morgan fingerprint density at radius 1 is 0.688 bits per heavy atom. The molecular weight excluding hydrogens is 1080 g/mol. The smallest absolute Gasteiger partial charge is 0.397 e. The molecule has 25 nitrogen and oxygen atoms in total. The van der Waals surface area contributed by atoms with Crippen LogP contribution in [0.15, 0.2) is 11.6 Å². The van der Waals surface area contributed by atoms with Gasteiger partial charge in [0.25, 0.3) is 0 Å². The fourth-order valence-corrected chi connectivity index (χ4v) is 16.9. The van der Waals surface area contributed by atoms with E-state index in [0.29, 0.717) is 18.8 Å². The molecule has 0 bridgehead atoms. The third-order valence-electron chi connectivity index (χ3n) is 20.6. The third kappa shape index (κ3) is 10.6. The fraction of sp³-hybridized carbons (Fsp3) is 0.944. The van der Waals surface area contributed by atoms with Gasteiger partial charge in [0.1, 0.15) is 96.5 Å². The van der Waals surface area contributed by atoms with E-state index in [0.717, 1.165) is 50.5 Å². The maximum absolute atomic E-state index is 14.4. The fourth-order valence-electron chi connectivity index (χ4n) is 16.4. The number of hydrogen-bond acceptors (Lipinski definition) is 24. The van der Waals surface area contributed by atoms with Gasteiger partial charge in [-0.05, 0) is 99.2 Å². The van der Waals surface area contributed by atoms with Crippen molar-refractivity contribution in [1.82, 2.24) is 0 Å². The Labute approximate surface area is 467 Å². The number of esters is 1. The van der Waals surface area contributed by atoms with Gasteiger partial charge in [-0.1, -0.05) is 59.6 Å². The first-order valence-electron chi connectivity index (χ1n) is 28.4. The quantitative estimate of drug-likeness (QED) is 0.0378. The molecule has 4 aliphatic carbocycles. The molecule has 0 radical (unpaired) electrons. The minimum atomic E-state index is -5.17. The molecule has 5 aliphatic heterocycles. The highest BCUT2D eigenvalue weighted by Gasteiger charge is 2.79. The summed E-state index contributed by atoms with van der Waals surface area (Å²) in [5.74, 6) is 0.0424. The van der Waals surface area contributed by atoms with E-state index < -0.39 is 186 Å². The molecule has 0 aromatic carbocycles. The van der Waals surface area contributed by atoms with Crippen molar-refractivity contribution in [1.29, 1.82) is 0 Å². The van der Waals surface area contributed by atoms with Gasteiger partial charge in [-0.15, -0.1) is 0 Å². The number of hydrogen-bond donors (Lipinski definition) is 11. The van der Waals surface area contributed by atoms with E-state index in [1.807, 2.05) is 6.08 Å². The van der Waals surface area contributed by atoms with Gasteiger partial charge in [0.15, 0.2) is 25.2 Å². The van der Waals surface area contributed by atoms with E-state index in [1.165, 1.54) is 14.0 Å². The van der Waals surface area contributed by atoms with Crippen LogP contribution in [0.5, 0.6) is 0 Å². The molecule has 9 aliphatic rings. The second-order valence-corrected chi connectivity index (χ2v) is 26.9. The van der Waals surface area contributed by atoms with Crippen LogP contribution in [0, 0.1) is 45.3 Å². The lowest BCUT2D eigenvalue weighted by atomic mass is 9.40. The van der Waals surface area contributed by atoms with E-state index in [4.69, 9.17) is 51.6 Å². The predicted octanol–water partition coefficient (Wildman–Crippen LogP) is -0.510. The average molecular weight is 1170 g/mol. The highest BCUT2D eigenvalue weighted by Crippen LogP contribution is 2.76. The predicted molar refractivity (Wildman–Crippen MR) is 272 cm³/mol. The van der Waals surface area contributed by atoms with Gasteiger partial charge in [0.05, 0.1) is 38.1 Å². The standard InChI is InChI=1S/C54H88O25S/c1-23(2)11-10-16-53(8)31-14-18-52(7)25-12-13-30-50(4,5)33(15-17-51(30,6)26(25)19-32(57)54(31,52)49(65)78-53)74-48-44(36(60)29(22-70-48)79-80(66,67)68)77-45-38(62)37(61)41(24(3)71-45)75-47-40(64)43(35(59)28(21-56)73-47)76-46-39(63)42(69-9)34(58)27(20-55)72-46/h19,23-25,27-48,55-64H,10-18,20-22H2,1-9H3,(H,66,67,68)/t24-,25?,27-,28-,29+,30-,31?,32+,33-,34-,35-,36-,37-,38-,39-,40-,41-,42+,43+,44+,45+,46+,47+,48-,51+,52-,53-,54?/m0/s1. The SMILES string of the molecule is CO[C@H]1[C@H](O)[C@@H](O[C@H]2[C@H](O)[C@@H](O[C@@H]3[C@@H](O)[C@H](O)[C@@H](O[C@H]4[C@H](O[C@H]5CC[C@]6(C)C7=C[C@@H](O)C89C(=O)O[C@@](C)(CCCC(C)C)C8CC[C@@]9(C)C7CC[C@H]6C5(C)C)OC[C@@H](OS(=O)(=O)O)[C@@H]4O)O[C@H]3C)O[C@@H](CO)[C@@H]2O)O[C@@H](CO)[C@@H]1O. The Balaban J connectivity index is 0.904. The van der Waals surface area contributed by atoms with Gasteiger partial charge in [-0.3, -0.25) is 9.35 Å². The van der Waals surface area contributed by atoms with E-state index in [9.17, 15) is 68.8 Å². The number of carbonyl (C=O) groups is 1. The Hall–Kier alpha value is -1.68. The molecule has 11 N–H and O–H groups in total. The molecule has 26 heteroatoms. The number of methoxy groups -OCH3 is 1. The molecule has 28 atom stereocenters. The van der Waals surface area contributed by atoms with Gasteiger partial charge >= 0.3 is 16.4 Å². The van der Waals surface area contributed by atoms with Crippen LogP contribution in [-0.2, 0) is 66.7 Å². The number of fused-ring (bicyclic) bond motifs is 4. The molecule has 460 valence electrons. The zero-order valence-corrected chi connectivity index (χ0v) is 47.9. The highest BCUT2D eigenvalue weighted by molar-refractivity contribution is 7.80. The second kappa shape index (κ2) is 23.2. The van der Waals surface area contributed by atoms with Crippen LogP contribution < -0.4 is 0 Å². The van der Waals surface area contributed by atoms with Crippen LogP contribution in [0.2, 0.25) is 0 Å². The summed E-state index contributed by atoms with van der Waals surface area (Å²) in [6.45, 7) is 14.2. The molecular formula is C54H88O25S. The number of allylic oxidation sites excluding steroid dienone is 1. The topological polar surface area (TPSA) is 375 Å². The molecule has 0 aromatic heterocycles. The molecule has 1 spiro atoms. The number of cyclic esters (lactones) is 1. The molecule has 3 saturated carbocycles. The van der Waals surface area contributed by atoms with Gasteiger partial charge in [0.2, 0.25) is 0 Å². The highest BCUT2D eigenvalue weighted by atomic mass is 32.3. The molecule has 8 fully saturated rings. The van der Waals surface area contributed by atoms with E-state index in [1.54, 1.807) is 0 Å². The monoisotopic (exact) mass is 1170 g/mol. The Morgan fingerprint density at radius 2 is 1.29 bits per heavy atom. The van der Waals surface area contributed by atoms with Crippen molar-refractivity contribution in [3.05, 3.63) is 11.6 Å². The lowest BCUT2D eigenvalue weighted by Crippen LogP contribution is -2.67. The largest absolute Gasteiger partial charge is 0.459 e. The van der Waals surface area contributed by atoms with E-state index >= 15 is 0 Å². The summed E-state index contributed by atoms with van der Waals surface area (Å²) in [5, 5.41) is 112. The number of aliphatic hydroxyl groups excluding tert-OH is 10. The first kappa shape index (κ1) is 62.8. The number of aliphatic hydroxyl groups is 10. The van der Waals surface area contributed by atoms with Crippen molar-refractivity contribution in [3.8, 4) is 0 Å². The zero-order valence-electron chi connectivity index (χ0n) is 47.0. The van der Waals surface area contributed by atoms with Gasteiger partial charge in [-0.25, -0.2) is 4.18 Å². The maximum atomic E-state index is 14.4. The summed E-state index contributed by atoms with van der Waals surface area (Å²) >= 11 is 0. The number of rotatable bonds is 17. The summed E-state index contributed by atoms with van der Waals surface area (Å²) < 4.78 is 98.1. The van der Waals surface area contributed by atoms with Crippen LogP contribution in [0.3, 0.4) is 0 Å². The Kier molecular flexibility index (Phi) is 18.2. The van der Waals surface area contributed by atoms with Crippen LogP contribution >= 0.6 is 0 Å². The normalized spacial score (nSPS) is 51.2. The maximum Gasteiger partial charge on any atom is 0.397 e. The molecule has 3 unspecified atom stereocenters. The summed E-state index contributed by atoms with van der Waals surface area (Å²) in [4.78, 5) is 14.4. The first-order chi connectivity index (χ1) is 37.4. The van der Waals surface area contributed by atoms with E-state index in [2.05, 4.69) is 48.5 Å². The molecule has 5 heterocycles. The number of carbonyl (C=O) groups excluding carboxylic acids is 1. The van der Waals surface area contributed by atoms with Gasteiger partial charge in [-0.2, -0.15) is 8.42 Å². The van der Waals surface area contributed by atoms with Crippen LogP contribution in [0.25, 0.3) is 0 Å². The van der Waals surface area contributed by atoms with Gasteiger partial charge in [0, 0.05) is 13.0 Å². The van der Waals surface area contributed by atoms with Crippen LogP contribution in [-0.4, -0.2) is 231 Å². The van der Waals surface area contributed by atoms with Crippen LogP contribution in [0.1, 0.15) is 113 Å². The first-order valence-corrected chi connectivity index (χ1v) is 29.8. The second-order valence-electron chi connectivity index (χ2n) is 25.9. The number of ether oxygens (including phenoxy) is 10. The average Bonchev–Trinajstić information content (AvgIpc) is 2.40. The Bertz CT molecular complexity index is 2330. The summed E-state index contributed by atoms with van der Waals surface area (Å²) in [6, 6.07) is 0. The van der Waals surface area contributed by atoms with Crippen molar-refractivity contribution in [3.63, 3.8) is 0 Å². The minimum absolute atomic E-state index is 0.00504. The molecule has 0 amide bonds. The van der Waals surface area contributed by atoms with Gasteiger partial charge < -0.3 is 98.4 Å². The summed E-state index contributed by atoms with van der Waals surface area (Å²) in [6.07, 6.45) is -24.9. The zero-order chi connectivity index (χ0) is 58.6. The van der Waals surface area contributed by atoms with Crippen molar-refractivity contribution in [2.75, 3.05) is 26.9 Å². The van der Waals surface area contributed by atoms with Crippen molar-refractivity contribution in [2.24, 2.45) is 45.3 Å². The lowest BCUT2D eigenvalue weighted by molar-refractivity contribution is -0.389. The third-order valence-corrected chi connectivity index (χ3v) is 21.1. The lowest BCUT2D eigenvalue weighted by Gasteiger charge is -2.64. The Morgan fingerprint density at radius 3 is 1.90 bits per heavy atom. The summed E-state index contributed by atoms with van der Waals surface area (Å²) in [5.41, 5.74) is -2.26. The van der Waals surface area contributed by atoms with Crippen LogP contribution in [0.4, 0.5) is 0 Å². The van der Waals surface area contributed by atoms with Crippen molar-refractivity contribution in [2.45, 2.75) is 248 Å². The van der Waals surface area contributed by atoms with E-state index in [-0.39, 0.29) is 23.7 Å².